The predicted molar refractivity (Wildman–Crippen MR) is 91.3 cm³/mol. The van der Waals surface area contributed by atoms with Gasteiger partial charge in [0.1, 0.15) is 11.5 Å². The molecule has 0 bridgehead atoms. The molecule has 2 heteroatoms. The number of phenolic OH excluding ortho intramolecular Hbond substituents is 2. The summed E-state index contributed by atoms with van der Waals surface area (Å²) in [6.45, 7) is 2.26. The van der Waals surface area contributed by atoms with Crippen molar-refractivity contribution in [1.29, 1.82) is 0 Å². The number of unbranched alkanes of at least 4 members (excludes halogenated alkanes) is 1. The van der Waals surface area contributed by atoms with Gasteiger partial charge in [-0.3, -0.25) is 0 Å². The third-order valence-electron chi connectivity index (χ3n) is 4.30. The molecule has 2 rings (SSSR count). The molecule has 0 saturated heterocycles. The van der Waals surface area contributed by atoms with Crippen LogP contribution in [0.4, 0.5) is 0 Å². The Kier molecular flexibility index (Phi) is 6.32. The molecule has 2 aromatic rings. The zero-order chi connectivity index (χ0) is 15.8. The fourth-order valence-corrected chi connectivity index (χ4v) is 2.84. The van der Waals surface area contributed by atoms with E-state index >= 15 is 0 Å². The first-order chi connectivity index (χ1) is 10.7. The Morgan fingerprint density at radius 3 is 1.86 bits per heavy atom. The average Bonchev–Trinajstić information content (AvgIpc) is 2.54. The van der Waals surface area contributed by atoms with Gasteiger partial charge in [0.15, 0.2) is 0 Å². The summed E-state index contributed by atoms with van der Waals surface area (Å²) < 4.78 is 0. The van der Waals surface area contributed by atoms with Crippen LogP contribution in [0.3, 0.4) is 0 Å². The minimum atomic E-state index is 0.337. The summed E-state index contributed by atoms with van der Waals surface area (Å²) in [6, 6.07) is 15.1. The van der Waals surface area contributed by atoms with E-state index in [1.165, 1.54) is 36.8 Å². The first-order valence-electron chi connectivity index (χ1n) is 8.23. The maximum Gasteiger partial charge on any atom is 0.115 e. The molecule has 0 radical (unpaired) electrons. The summed E-state index contributed by atoms with van der Waals surface area (Å²) in [5.41, 5.74) is 2.60. The molecule has 2 nitrogen and oxygen atoms in total. The highest BCUT2D eigenvalue weighted by molar-refractivity contribution is 5.26. The van der Waals surface area contributed by atoms with Gasteiger partial charge in [-0.05, 0) is 60.6 Å². The SMILES string of the molecule is CCC(CCCCc1ccc(O)cc1)Cc1ccc(O)cc1. The van der Waals surface area contributed by atoms with Crippen LogP contribution < -0.4 is 0 Å². The van der Waals surface area contributed by atoms with Crippen molar-refractivity contribution in [2.45, 2.75) is 45.4 Å². The summed E-state index contributed by atoms with van der Waals surface area (Å²) in [5, 5.41) is 18.6. The molecule has 1 unspecified atom stereocenters. The molecule has 118 valence electrons. The van der Waals surface area contributed by atoms with Crippen molar-refractivity contribution in [1.82, 2.24) is 0 Å². The second-order valence-corrected chi connectivity index (χ2v) is 6.06. The highest BCUT2D eigenvalue weighted by Crippen LogP contribution is 2.21. The standard InChI is InChI=1S/C20H26O2/c1-2-16(15-18-9-13-20(22)14-10-18)5-3-4-6-17-7-11-19(21)12-8-17/h7-14,16,21-22H,2-6,15H2,1H3. The van der Waals surface area contributed by atoms with Crippen molar-refractivity contribution in [3.8, 4) is 11.5 Å². The van der Waals surface area contributed by atoms with E-state index in [2.05, 4.69) is 6.92 Å². The number of phenols is 2. The van der Waals surface area contributed by atoms with Gasteiger partial charge in [0, 0.05) is 0 Å². The molecular weight excluding hydrogens is 272 g/mol. The van der Waals surface area contributed by atoms with Gasteiger partial charge in [-0.2, -0.15) is 0 Å². The minimum Gasteiger partial charge on any atom is -0.508 e. The van der Waals surface area contributed by atoms with E-state index in [4.69, 9.17) is 0 Å². The highest BCUT2D eigenvalue weighted by atomic mass is 16.3. The molecule has 0 amide bonds. The van der Waals surface area contributed by atoms with E-state index in [9.17, 15) is 10.2 Å². The van der Waals surface area contributed by atoms with Crippen molar-refractivity contribution < 1.29 is 10.2 Å². The van der Waals surface area contributed by atoms with Gasteiger partial charge < -0.3 is 10.2 Å². The van der Waals surface area contributed by atoms with Crippen LogP contribution in [-0.4, -0.2) is 10.2 Å². The summed E-state index contributed by atoms with van der Waals surface area (Å²) in [7, 11) is 0. The van der Waals surface area contributed by atoms with Crippen LogP contribution >= 0.6 is 0 Å². The van der Waals surface area contributed by atoms with Crippen LogP contribution in [-0.2, 0) is 12.8 Å². The highest BCUT2D eigenvalue weighted by Gasteiger charge is 2.07. The second-order valence-electron chi connectivity index (χ2n) is 6.06. The molecule has 1 atom stereocenters. The summed E-state index contributed by atoms with van der Waals surface area (Å²) in [5.74, 6) is 1.39. The zero-order valence-corrected chi connectivity index (χ0v) is 13.3. The zero-order valence-electron chi connectivity index (χ0n) is 13.3. The van der Waals surface area contributed by atoms with Crippen molar-refractivity contribution in [2.24, 2.45) is 5.92 Å². The van der Waals surface area contributed by atoms with Crippen LogP contribution in [0, 0.1) is 5.92 Å². The average molecular weight is 298 g/mol. The summed E-state index contributed by atoms with van der Waals surface area (Å²) >= 11 is 0. The largest absolute Gasteiger partial charge is 0.508 e. The van der Waals surface area contributed by atoms with E-state index in [0.29, 0.717) is 17.4 Å². The molecule has 0 aliphatic carbocycles. The molecule has 0 aromatic heterocycles. The normalized spacial score (nSPS) is 12.2. The van der Waals surface area contributed by atoms with Gasteiger partial charge in [0.25, 0.3) is 0 Å². The topological polar surface area (TPSA) is 40.5 Å². The lowest BCUT2D eigenvalue weighted by Gasteiger charge is -2.15. The monoisotopic (exact) mass is 298 g/mol. The molecule has 2 N–H and O–H groups in total. The van der Waals surface area contributed by atoms with Crippen molar-refractivity contribution in [3.05, 3.63) is 59.7 Å². The molecule has 0 heterocycles. The molecule has 0 spiro atoms. The minimum absolute atomic E-state index is 0.337. The van der Waals surface area contributed by atoms with Gasteiger partial charge in [-0.25, -0.2) is 0 Å². The fraction of sp³-hybridized carbons (Fsp3) is 0.400. The lowest BCUT2D eigenvalue weighted by atomic mass is 9.91. The Bertz CT molecular complexity index is 543. The van der Waals surface area contributed by atoms with Crippen LogP contribution in [0.1, 0.15) is 43.7 Å². The molecule has 0 fully saturated rings. The Labute approximate surface area is 133 Å². The van der Waals surface area contributed by atoms with E-state index in [0.717, 1.165) is 12.8 Å². The van der Waals surface area contributed by atoms with Gasteiger partial charge >= 0.3 is 0 Å². The maximum atomic E-state index is 9.33. The number of rotatable bonds is 8. The van der Waals surface area contributed by atoms with Gasteiger partial charge in [0.05, 0.1) is 0 Å². The number of benzene rings is 2. The Balaban J connectivity index is 1.71. The number of aryl methyl sites for hydroxylation is 1. The maximum absolute atomic E-state index is 9.33. The third kappa shape index (κ3) is 5.44. The van der Waals surface area contributed by atoms with Crippen molar-refractivity contribution in [3.63, 3.8) is 0 Å². The Morgan fingerprint density at radius 2 is 1.32 bits per heavy atom. The van der Waals surface area contributed by atoms with Crippen LogP contribution in [0.25, 0.3) is 0 Å². The third-order valence-corrected chi connectivity index (χ3v) is 4.30. The van der Waals surface area contributed by atoms with E-state index < -0.39 is 0 Å². The van der Waals surface area contributed by atoms with Gasteiger partial charge in [0.2, 0.25) is 0 Å². The molecule has 0 aliphatic rings. The summed E-state index contributed by atoms with van der Waals surface area (Å²) in [4.78, 5) is 0. The van der Waals surface area contributed by atoms with E-state index in [1.807, 2.05) is 24.3 Å². The van der Waals surface area contributed by atoms with Crippen molar-refractivity contribution >= 4 is 0 Å². The second kappa shape index (κ2) is 8.47. The van der Waals surface area contributed by atoms with E-state index in [1.54, 1.807) is 24.3 Å². The van der Waals surface area contributed by atoms with Crippen molar-refractivity contribution in [2.75, 3.05) is 0 Å². The number of hydrogen-bond acceptors (Lipinski definition) is 2. The first kappa shape index (κ1) is 16.4. The van der Waals surface area contributed by atoms with Gasteiger partial charge in [-0.1, -0.05) is 50.5 Å². The van der Waals surface area contributed by atoms with Crippen LogP contribution in [0.5, 0.6) is 11.5 Å². The quantitative estimate of drug-likeness (QED) is 0.667. The van der Waals surface area contributed by atoms with E-state index in [-0.39, 0.29) is 0 Å². The van der Waals surface area contributed by atoms with Gasteiger partial charge in [-0.15, -0.1) is 0 Å². The lowest BCUT2D eigenvalue weighted by Crippen LogP contribution is -2.03. The number of aromatic hydroxyl groups is 2. The Morgan fingerprint density at radius 1 is 0.773 bits per heavy atom. The fourth-order valence-electron chi connectivity index (χ4n) is 2.84. The Hall–Kier alpha value is -1.96. The molecular formula is C20H26O2. The molecule has 0 saturated carbocycles. The first-order valence-corrected chi connectivity index (χ1v) is 8.23. The lowest BCUT2D eigenvalue weighted by molar-refractivity contribution is 0.443. The predicted octanol–water partition coefficient (Wildman–Crippen LogP) is 5.08. The molecule has 22 heavy (non-hydrogen) atoms. The number of hydrogen-bond donors (Lipinski definition) is 2. The van der Waals surface area contributed by atoms with Crippen LogP contribution in [0.15, 0.2) is 48.5 Å². The molecule has 0 aliphatic heterocycles. The summed E-state index contributed by atoms with van der Waals surface area (Å²) in [6.07, 6.45) is 7.04. The smallest absolute Gasteiger partial charge is 0.115 e. The molecule has 2 aromatic carbocycles. The van der Waals surface area contributed by atoms with Crippen LogP contribution in [0.2, 0.25) is 0 Å².